The van der Waals surface area contributed by atoms with E-state index in [-0.39, 0.29) is 30.6 Å². The summed E-state index contributed by atoms with van der Waals surface area (Å²) in [5.41, 5.74) is 2.89. The summed E-state index contributed by atoms with van der Waals surface area (Å²) in [4.78, 5) is 39.3. The molecule has 2 aromatic carbocycles. The molecular formula is C21H25N3O3. The molecule has 27 heavy (non-hydrogen) atoms. The molecule has 0 spiro atoms. The van der Waals surface area contributed by atoms with E-state index < -0.39 is 0 Å². The highest BCUT2D eigenvalue weighted by molar-refractivity contribution is 5.98. The summed E-state index contributed by atoms with van der Waals surface area (Å²) in [6.45, 7) is 3.16. The third-order valence-corrected chi connectivity index (χ3v) is 4.17. The summed E-state index contributed by atoms with van der Waals surface area (Å²) in [6, 6.07) is 14.4. The van der Waals surface area contributed by atoms with Gasteiger partial charge in [0.2, 0.25) is 11.8 Å². The maximum absolute atomic E-state index is 12.3. The minimum absolute atomic E-state index is 0.0701. The highest BCUT2D eigenvalue weighted by Gasteiger charge is 2.15. The van der Waals surface area contributed by atoms with Gasteiger partial charge in [0, 0.05) is 56.6 Å². The van der Waals surface area contributed by atoms with Gasteiger partial charge in [-0.2, -0.15) is 0 Å². The van der Waals surface area contributed by atoms with Crippen LogP contribution in [0.25, 0.3) is 0 Å². The minimum Gasteiger partial charge on any atom is -0.378 e. The van der Waals surface area contributed by atoms with E-state index in [9.17, 15) is 14.4 Å². The molecule has 0 saturated carbocycles. The molecule has 0 unspecified atom stereocenters. The Morgan fingerprint density at radius 2 is 1.59 bits per heavy atom. The fraction of sp³-hybridized carbons (Fsp3) is 0.286. The maximum atomic E-state index is 12.3. The van der Waals surface area contributed by atoms with Crippen molar-refractivity contribution in [3.05, 3.63) is 54.1 Å². The summed E-state index contributed by atoms with van der Waals surface area (Å²) in [5.74, 6) is -0.431. The van der Waals surface area contributed by atoms with E-state index in [1.165, 1.54) is 18.7 Å². The number of benzene rings is 2. The van der Waals surface area contributed by atoms with Crippen LogP contribution in [0.5, 0.6) is 0 Å². The van der Waals surface area contributed by atoms with Gasteiger partial charge in [-0.25, -0.2) is 0 Å². The Bertz CT molecular complexity index is 829. The Labute approximate surface area is 159 Å². The van der Waals surface area contributed by atoms with Crippen LogP contribution in [0.1, 0.15) is 30.6 Å². The van der Waals surface area contributed by atoms with Gasteiger partial charge in [-0.05, 0) is 43.3 Å². The SMILES string of the molecule is CC(=O)c1cccc(N(CCC(=O)Nc2ccc(N(C)C)cc2)C(C)=O)c1. The zero-order valence-corrected chi connectivity index (χ0v) is 16.2. The Morgan fingerprint density at radius 3 is 2.15 bits per heavy atom. The minimum atomic E-state index is -0.182. The summed E-state index contributed by atoms with van der Waals surface area (Å²) < 4.78 is 0. The predicted octanol–water partition coefficient (Wildman–Crippen LogP) is 3.34. The molecular weight excluding hydrogens is 342 g/mol. The molecule has 2 aromatic rings. The van der Waals surface area contributed by atoms with Crippen LogP contribution in [0.15, 0.2) is 48.5 Å². The van der Waals surface area contributed by atoms with Crippen molar-refractivity contribution in [2.24, 2.45) is 0 Å². The van der Waals surface area contributed by atoms with E-state index in [0.29, 0.717) is 16.9 Å². The first-order chi connectivity index (χ1) is 12.8. The quantitative estimate of drug-likeness (QED) is 0.762. The van der Waals surface area contributed by atoms with Crippen molar-refractivity contribution >= 4 is 34.7 Å². The van der Waals surface area contributed by atoms with Gasteiger partial charge >= 0.3 is 0 Å². The molecule has 1 N–H and O–H groups in total. The van der Waals surface area contributed by atoms with Gasteiger partial charge in [-0.1, -0.05) is 12.1 Å². The van der Waals surface area contributed by atoms with Gasteiger partial charge in [0.05, 0.1) is 0 Å². The number of carbonyl (C=O) groups excluding carboxylic acids is 3. The van der Waals surface area contributed by atoms with Gasteiger partial charge in [-0.15, -0.1) is 0 Å². The van der Waals surface area contributed by atoms with Crippen LogP contribution in [0, 0.1) is 0 Å². The summed E-state index contributed by atoms with van der Waals surface area (Å²) in [5, 5.41) is 2.83. The highest BCUT2D eigenvalue weighted by atomic mass is 16.2. The number of anilines is 3. The van der Waals surface area contributed by atoms with Crippen molar-refractivity contribution < 1.29 is 14.4 Å². The second-order valence-corrected chi connectivity index (χ2v) is 6.52. The average Bonchev–Trinajstić information content (AvgIpc) is 2.62. The molecule has 0 saturated heterocycles. The summed E-state index contributed by atoms with van der Waals surface area (Å²) >= 11 is 0. The number of rotatable bonds is 7. The van der Waals surface area contributed by atoms with Crippen LogP contribution in [0.2, 0.25) is 0 Å². The van der Waals surface area contributed by atoms with Gasteiger partial charge in [-0.3, -0.25) is 14.4 Å². The molecule has 0 aromatic heterocycles. The maximum Gasteiger partial charge on any atom is 0.226 e. The lowest BCUT2D eigenvalue weighted by molar-refractivity contribution is -0.117. The van der Waals surface area contributed by atoms with E-state index in [0.717, 1.165) is 5.69 Å². The standard InChI is InChI=1S/C21H25N3O3/c1-15(25)17-6-5-7-20(14-17)24(16(2)26)13-12-21(27)22-18-8-10-19(11-9-18)23(3)4/h5-11,14H,12-13H2,1-4H3,(H,22,27). The van der Waals surface area contributed by atoms with Crippen molar-refractivity contribution in [2.45, 2.75) is 20.3 Å². The Morgan fingerprint density at radius 1 is 0.926 bits per heavy atom. The Hall–Kier alpha value is -3.15. The largest absolute Gasteiger partial charge is 0.378 e. The highest BCUT2D eigenvalue weighted by Crippen LogP contribution is 2.18. The van der Waals surface area contributed by atoms with E-state index in [2.05, 4.69) is 5.32 Å². The molecule has 0 radical (unpaired) electrons. The predicted molar refractivity (Wildman–Crippen MR) is 108 cm³/mol. The molecule has 0 aliphatic rings. The van der Waals surface area contributed by atoms with Crippen LogP contribution in [-0.2, 0) is 9.59 Å². The first-order valence-corrected chi connectivity index (χ1v) is 8.74. The van der Waals surface area contributed by atoms with Crippen molar-refractivity contribution in [3.8, 4) is 0 Å². The number of amides is 2. The van der Waals surface area contributed by atoms with E-state index in [1.54, 1.807) is 24.3 Å². The van der Waals surface area contributed by atoms with Crippen LogP contribution in [-0.4, -0.2) is 38.2 Å². The van der Waals surface area contributed by atoms with Crippen molar-refractivity contribution in [3.63, 3.8) is 0 Å². The third kappa shape index (κ3) is 5.67. The van der Waals surface area contributed by atoms with Crippen molar-refractivity contribution in [1.82, 2.24) is 0 Å². The molecule has 142 valence electrons. The number of ketones is 1. The van der Waals surface area contributed by atoms with E-state index in [4.69, 9.17) is 0 Å². The lowest BCUT2D eigenvalue weighted by Gasteiger charge is -2.21. The van der Waals surface area contributed by atoms with Gasteiger partial charge < -0.3 is 15.1 Å². The molecule has 0 aliphatic carbocycles. The van der Waals surface area contributed by atoms with Crippen molar-refractivity contribution in [2.75, 3.05) is 35.8 Å². The molecule has 0 bridgehead atoms. The number of nitrogens with zero attached hydrogens (tertiary/aromatic N) is 2. The van der Waals surface area contributed by atoms with Gasteiger partial charge in [0.15, 0.2) is 5.78 Å². The molecule has 2 rings (SSSR count). The average molecular weight is 367 g/mol. The number of Topliss-reactive ketones (excluding diaryl/α,β-unsaturated/α-hetero) is 1. The third-order valence-electron chi connectivity index (χ3n) is 4.17. The Balaban J connectivity index is 2.01. The molecule has 0 heterocycles. The topological polar surface area (TPSA) is 69.7 Å². The second-order valence-electron chi connectivity index (χ2n) is 6.52. The number of hydrogen-bond acceptors (Lipinski definition) is 4. The zero-order valence-electron chi connectivity index (χ0n) is 16.2. The van der Waals surface area contributed by atoms with E-state index in [1.807, 2.05) is 43.3 Å². The lowest BCUT2D eigenvalue weighted by atomic mass is 10.1. The van der Waals surface area contributed by atoms with Crippen LogP contribution in [0.4, 0.5) is 17.1 Å². The smallest absolute Gasteiger partial charge is 0.226 e. The summed E-state index contributed by atoms with van der Waals surface area (Å²) in [7, 11) is 3.90. The van der Waals surface area contributed by atoms with Crippen molar-refractivity contribution in [1.29, 1.82) is 0 Å². The zero-order chi connectivity index (χ0) is 20.0. The molecule has 2 amide bonds. The number of nitrogens with one attached hydrogen (secondary N) is 1. The first-order valence-electron chi connectivity index (χ1n) is 8.74. The van der Waals surface area contributed by atoms with Crippen LogP contribution >= 0.6 is 0 Å². The number of hydrogen-bond donors (Lipinski definition) is 1. The van der Waals surface area contributed by atoms with Gasteiger partial charge in [0.25, 0.3) is 0 Å². The Kier molecular flexibility index (Phi) is 6.71. The molecule has 0 fully saturated rings. The molecule has 6 heteroatoms. The fourth-order valence-corrected chi connectivity index (χ4v) is 2.64. The normalized spacial score (nSPS) is 10.2. The lowest BCUT2D eigenvalue weighted by Crippen LogP contribution is -2.32. The van der Waals surface area contributed by atoms with Crippen LogP contribution < -0.4 is 15.1 Å². The number of carbonyl (C=O) groups is 3. The molecule has 0 aliphatic heterocycles. The van der Waals surface area contributed by atoms with Gasteiger partial charge in [0.1, 0.15) is 0 Å². The second kappa shape index (κ2) is 8.98. The van der Waals surface area contributed by atoms with E-state index >= 15 is 0 Å². The molecule has 6 nitrogen and oxygen atoms in total. The monoisotopic (exact) mass is 367 g/mol. The van der Waals surface area contributed by atoms with Crippen LogP contribution in [0.3, 0.4) is 0 Å². The fourth-order valence-electron chi connectivity index (χ4n) is 2.64. The first kappa shape index (κ1) is 20.2. The molecule has 0 atom stereocenters. The summed E-state index contributed by atoms with van der Waals surface area (Å²) in [6.07, 6.45) is 0.152.